The Bertz CT molecular complexity index is 841. The van der Waals surface area contributed by atoms with E-state index in [1.54, 1.807) is 38.3 Å². The predicted molar refractivity (Wildman–Crippen MR) is 88.6 cm³/mol. The molecule has 0 bridgehead atoms. The van der Waals surface area contributed by atoms with Gasteiger partial charge in [0.05, 0.1) is 7.11 Å². The van der Waals surface area contributed by atoms with E-state index in [0.29, 0.717) is 23.8 Å². The van der Waals surface area contributed by atoms with Crippen LogP contribution in [0.15, 0.2) is 53.1 Å². The Labute approximate surface area is 139 Å². The lowest BCUT2D eigenvalue weighted by Gasteiger charge is -2.07. The predicted octanol–water partition coefficient (Wildman–Crippen LogP) is 2.98. The third-order valence-electron chi connectivity index (χ3n) is 3.51. The van der Waals surface area contributed by atoms with Crippen molar-refractivity contribution < 1.29 is 14.1 Å². The standard InChI is InChI=1S/C18H17N3O3/c1-12-20-18(24-21-12)15-8-6-14(7-9-15)17(22)19-11-13-4-3-5-16(10-13)23-2/h3-10H,11H2,1-2H3,(H,19,22). The number of nitrogens with one attached hydrogen (secondary N) is 1. The van der Waals surface area contributed by atoms with E-state index in [0.717, 1.165) is 16.9 Å². The molecule has 0 unspecified atom stereocenters. The van der Waals surface area contributed by atoms with Crippen LogP contribution in [0, 0.1) is 6.92 Å². The van der Waals surface area contributed by atoms with Gasteiger partial charge in [-0.2, -0.15) is 4.98 Å². The molecule has 0 spiro atoms. The first-order valence-electron chi connectivity index (χ1n) is 7.47. The van der Waals surface area contributed by atoms with Crippen LogP contribution in [0.25, 0.3) is 11.5 Å². The van der Waals surface area contributed by atoms with E-state index in [2.05, 4.69) is 15.5 Å². The summed E-state index contributed by atoms with van der Waals surface area (Å²) in [5, 5.41) is 6.64. The first-order valence-corrected chi connectivity index (χ1v) is 7.47. The molecule has 0 atom stereocenters. The maximum Gasteiger partial charge on any atom is 0.257 e. The van der Waals surface area contributed by atoms with Crippen molar-refractivity contribution in [3.05, 3.63) is 65.5 Å². The molecule has 24 heavy (non-hydrogen) atoms. The van der Waals surface area contributed by atoms with Gasteiger partial charge in [0.1, 0.15) is 5.75 Å². The molecular weight excluding hydrogens is 306 g/mol. The van der Waals surface area contributed by atoms with Crippen molar-refractivity contribution in [3.8, 4) is 17.2 Å². The average molecular weight is 323 g/mol. The number of nitrogens with zero attached hydrogens (tertiary/aromatic N) is 2. The molecule has 0 saturated heterocycles. The number of rotatable bonds is 5. The van der Waals surface area contributed by atoms with Crippen LogP contribution in [-0.4, -0.2) is 23.2 Å². The number of aryl methyl sites for hydroxylation is 1. The molecule has 3 rings (SSSR count). The zero-order chi connectivity index (χ0) is 16.9. The smallest absolute Gasteiger partial charge is 0.257 e. The molecule has 0 aliphatic rings. The maximum atomic E-state index is 12.2. The number of carbonyl (C=O) groups is 1. The van der Waals surface area contributed by atoms with Crippen molar-refractivity contribution in [3.63, 3.8) is 0 Å². The van der Waals surface area contributed by atoms with Crippen LogP contribution in [-0.2, 0) is 6.54 Å². The van der Waals surface area contributed by atoms with E-state index in [9.17, 15) is 4.79 Å². The summed E-state index contributed by atoms with van der Waals surface area (Å²) in [6.07, 6.45) is 0. The van der Waals surface area contributed by atoms with Crippen LogP contribution in [0.5, 0.6) is 5.75 Å². The zero-order valence-corrected chi connectivity index (χ0v) is 13.4. The lowest BCUT2D eigenvalue weighted by molar-refractivity contribution is 0.0951. The molecule has 1 heterocycles. The molecule has 0 aliphatic carbocycles. The zero-order valence-electron chi connectivity index (χ0n) is 13.4. The van der Waals surface area contributed by atoms with Crippen molar-refractivity contribution in [1.29, 1.82) is 0 Å². The summed E-state index contributed by atoms with van der Waals surface area (Å²) in [5.74, 6) is 1.63. The highest BCUT2D eigenvalue weighted by atomic mass is 16.5. The number of aromatic nitrogens is 2. The van der Waals surface area contributed by atoms with Crippen LogP contribution >= 0.6 is 0 Å². The van der Waals surface area contributed by atoms with Crippen molar-refractivity contribution in [2.75, 3.05) is 7.11 Å². The fraction of sp³-hybridized carbons (Fsp3) is 0.167. The Hall–Kier alpha value is -3.15. The van der Waals surface area contributed by atoms with E-state index >= 15 is 0 Å². The normalized spacial score (nSPS) is 10.4. The van der Waals surface area contributed by atoms with Gasteiger partial charge >= 0.3 is 0 Å². The van der Waals surface area contributed by atoms with Gasteiger partial charge in [-0.05, 0) is 48.9 Å². The lowest BCUT2D eigenvalue weighted by atomic mass is 10.1. The van der Waals surface area contributed by atoms with Gasteiger partial charge in [-0.1, -0.05) is 17.3 Å². The van der Waals surface area contributed by atoms with E-state index in [1.165, 1.54) is 0 Å². The topological polar surface area (TPSA) is 77.2 Å². The highest BCUT2D eigenvalue weighted by Crippen LogP contribution is 2.18. The first kappa shape index (κ1) is 15.7. The van der Waals surface area contributed by atoms with Crippen LogP contribution in [0.3, 0.4) is 0 Å². The van der Waals surface area contributed by atoms with E-state index in [-0.39, 0.29) is 5.91 Å². The molecule has 2 aromatic carbocycles. The Balaban J connectivity index is 1.64. The lowest BCUT2D eigenvalue weighted by Crippen LogP contribution is -2.22. The molecule has 1 aromatic heterocycles. The summed E-state index contributed by atoms with van der Waals surface area (Å²) in [6.45, 7) is 2.19. The Morgan fingerprint density at radius 2 is 2.00 bits per heavy atom. The van der Waals surface area contributed by atoms with Gasteiger partial charge in [-0.25, -0.2) is 0 Å². The molecule has 0 saturated carbocycles. The highest BCUT2D eigenvalue weighted by Gasteiger charge is 2.09. The minimum Gasteiger partial charge on any atom is -0.497 e. The van der Waals surface area contributed by atoms with Crippen LogP contribution in [0.2, 0.25) is 0 Å². The average Bonchev–Trinajstić information content (AvgIpc) is 3.06. The summed E-state index contributed by atoms with van der Waals surface area (Å²) in [6, 6.07) is 14.6. The van der Waals surface area contributed by atoms with Gasteiger partial charge < -0.3 is 14.6 Å². The molecule has 6 nitrogen and oxygen atoms in total. The Morgan fingerprint density at radius 1 is 1.21 bits per heavy atom. The van der Waals surface area contributed by atoms with Crippen LogP contribution in [0.4, 0.5) is 0 Å². The molecule has 0 fully saturated rings. The number of amides is 1. The van der Waals surface area contributed by atoms with Gasteiger partial charge in [0.25, 0.3) is 11.8 Å². The van der Waals surface area contributed by atoms with E-state index in [1.807, 2.05) is 24.3 Å². The summed E-state index contributed by atoms with van der Waals surface area (Å²) in [5.41, 5.74) is 2.32. The Morgan fingerprint density at radius 3 is 2.67 bits per heavy atom. The minimum atomic E-state index is -0.147. The quantitative estimate of drug-likeness (QED) is 0.781. The van der Waals surface area contributed by atoms with Gasteiger partial charge in [-0.15, -0.1) is 0 Å². The molecule has 6 heteroatoms. The van der Waals surface area contributed by atoms with Crippen molar-refractivity contribution in [2.45, 2.75) is 13.5 Å². The number of benzene rings is 2. The SMILES string of the molecule is COc1cccc(CNC(=O)c2ccc(-c3nc(C)no3)cc2)c1. The fourth-order valence-electron chi connectivity index (χ4n) is 2.25. The van der Waals surface area contributed by atoms with Crippen molar-refractivity contribution in [1.82, 2.24) is 15.5 Å². The molecule has 1 amide bonds. The van der Waals surface area contributed by atoms with Gasteiger partial charge in [0, 0.05) is 17.7 Å². The second-order valence-electron chi connectivity index (χ2n) is 5.26. The molecule has 0 radical (unpaired) electrons. The van der Waals surface area contributed by atoms with Gasteiger partial charge in [0.15, 0.2) is 5.82 Å². The van der Waals surface area contributed by atoms with Crippen molar-refractivity contribution in [2.24, 2.45) is 0 Å². The van der Waals surface area contributed by atoms with Gasteiger partial charge in [-0.3, -0.25) is 4.79 Å². The molecule has 0 aliphatic heterocycles. The first-order chi connectivity index (χ1) is 11.7. The van der Waals surface area contributed by atoms with Gasteiger partial charge in [0.2, 0.25) is 0 Å². The van der Waals surface area contributed by atoms with E-state index in [4.69, 9.17) is 9.26 Å². The summed E-state index contributed by atoms with van der Waals surface area (Å²) >= 11 is 0. The number of hydrogen-bond acceptors (Lipinski definition) is 5. The molecular formula is C18H17N3O3. The number of methoxy groups -OCH3 is 1. The summed E-state index contributed by atoms with van der Waals surface area (Å²) in [4.78, 5) is 16.4. The number of carbonyl (C=O) groups excluding carboxylic acids is 1. The second kappa shape index (κ2) is 6.95. The van der Waals surface area contributed by atoms with Crippen LogP contribution < -0.4 is 10.1 Å². The highest BCUT2D eigenvalue weighted by molar-refractivity contribution is 5.94. The molecule has 1 N–H and O–H groups in total. The third kappa shape index (κ3) is 3.60. The minimum absolute atomic E-state index is 0.147. The number of ether oxygens (including phenoxy) is 1. The maximum absolute atomic E-state index is 12.2. The summed E-state index contributed by atoms with van der Waals surface area (Å²) < 4.78 is 10.3. The molecule has 3 aromatic rings. The monoisotopic (exact) mass is 323 g/mol. The Kier molecular flexibility index (Phi) is 4.56. The molecule has 122 valence electrons. The van der Waals surface area contributed by atoms with E-state index < -0.39 is 0 Å². The largest absolute Gasteiger partial charge is 0.497 e. The van der Waals surface area contributed by atoms with Crippen molar-refractivity contribution >= 4 is 5.91 Å². The second-order valence-corrected chi connectivity index (χ2v) is 5.26. The fourth-order valence-corrected chi connectivity index (χ4v) is 2.25. The summed E-state index contributed by atoms with van der Waals surface area (Å²) in [7, 11) is 1.62. The third-order valence-corrected chi connectivity index (χ3v) is 3.51. The van der Waals surface area contributed by atoms with Crippen LogP contribution in [0.1, 0.15) is 21.7 Å². The number of hydrogen-bond donors (Lipinski definition) is 1.